The second kappa shape index (κ2) is 12.2. The van der Waals surface area contributed by atoms with Crippen LogP contribution in [0.15, 0.2) is 55.1 Å². The van der Waals surface area contributed by atoms with Crippen molar-refractivity contribution >= 4 is 18.0 Å². The first-order valence-corrected chi connectivity index (χ1v) is 11.7. The lowest BCUT2D eigenvalue weighted by Gasteiger charge is -2.30. The van der Waals surface area contributed by atoms with Crippen LogP contribution in [-0.4, -0.2) is 53.8 Å². The average molecular weight is 497 g/mol. The second-order valence-electron chi connectivity index (χ2n) is 9.57. The number of aromatic hydroxyl groups is 1. The van der Waals surface area contributed by atoms with Gasteiger partial charge in [0.25, 0.3) is 0 Å². The van der Waals surface area contributed by atoms with Crippen LogP contribution in [0.2, 0.25) is 0 Å². The van der Waals surface area contributed by atoms with Crippen molar-refractivity contribution < 1.29 is 29.0 Å². The van der Waals surface area contributed by atoms with Crippen molar-refractivity contribution in [1.29, 1.82) is 0 Å². The molecule has 0 aliphatic heterocycles. The number of aryl methyl sites for hydroxylation is 1. The molecule has 194 valence electrons. The lowest BCUT2D eigenvalue weighted by Crippen LogP contribution is -2.49. The third kappa shape index (κ3) is 7.60. The molecule has 0 aromatic heterocycles. The summed E-state index contributed by atoms with van der Waals surface area (Å²) in [4.78, 5) is 39.4. The zero-order valence-electron chi connectivity index (χ0n) is 21.8. The molecule has 0 saturated heterocycles. The van der Waals surface area contributed by atoms with Crippen molar-refractivity contribution in [1.82, 2.24) is 10.2 Å². The smallest absolute Gasteiger partial charge is 0.410 e. The fourth-order valence-electron chi connectivity index (χ4n) is 3.77. The molecule has 0 aliphatic carbocycles. The number of carbonyl (C=O) groups is 3. The molecule has 0 saturated carbocycles. The van der Waals surface area contributed by atoms with Gasteiger partial charge >= 0.3 is 12.1 Å². The Labute approximate surface area is 212 Å². The fraction of sp³-hybridized carbons (Fsp3) is 0.393. The van der Waals surface area contributed by atoms with Gasteiger partial charge in [-0.15, -0.1) is 6.58 Å². The van der Waals surface area contributed by atoms with Gasteiger partial charge in [-0.25, -0.2) is 4.79 Å². The molecule has 0 fully saturated rings. The van der Waals surface area contributed by atoms with Crippen molar-refractivity contribution in [2.24, 2.45) is 0 Å². The van der Waals surface area contributed by atoms with Gasteiger partial charge in [0.05, 0.1) is 19.6 Å². The van der Waals surface area contributed by atoms with Crippen LogP contribution in [-0.2, 0) is 19.1 Å². The molecule has 0 unspecified atom stereocenters. The fourth-order valence-corrected chi connectivity index (χ4v) is 3.77. The SMILES string of the molecule is C=CC[C@@H](C(=O)N[C@@H](CC(=O)OC)c1cccc(-c2c(C)cccc2O)c1)N(C)C(=O)OC(C)(C)C. The Balaban J connectivity index is 2.40. The maximum atomic E-state index is 13.4. The van der Waals surface area contributed by atoms with Gasteiger partial charge in [-0.05, 0) is 62.9 Å². The number of nitrogens with zero attached hydrogens (tertiary/aromatic N) is 1. The Kier molecular flexibility index (Phi) is 9.67. The molecule has 36 heavy (non-hydrogen) atoms. The van der Waals surface area contributed by atoms with E-state index in [1.165, 1.54) is 19.1 Å². The molecule has 2 aromatic carbocycles. The van der Waals surface area contributed by atoms with E-state index in [4.69, 9.17) is 9.47 Å². The number of hydrogen-bond donors (Lipinski definition) is 2. The molecule has 2 atom stereocenters. The summed E-state index contributed by atoms with van der Waals surface area (Å²) >= 11 is 0. The first-order chi connectivity index (χ1) is 16.9. The van der Waals surface area contributed by atoms with Crippen LogP contribution < -0.4 is 5.32 Å². The molecule has 2 N–H and O–H groups in total. The Morgan fingerprint density at radius 2 is 1.83 bits per heavy atom. The van der Waals surface area contributed by atoms with Gasteiger partial charge in [-0.2, -0.15) is 0 Å². The number of ether oxygens (including phenoxy) is 2. The van der Waals surface area contributed by atoms with E-state index in [-0.39, 0.29) is 18.6 Å². The molecule has 0 spiro atoms. The lowest BCUT2D eigenvalue weighted by molar-refractivity contribution is -0.141. The Bertz CT molecular complexity index is 1090. The number of phenols is 1. The predicted molar refractivity (Wildman–Crippen MR) is 138 cm³/mol. The average Bonchev–Trinajstić information content (AvgIpc) is 2.80. The van der Waals surface area contributed by atoms with E-state index < -0.39 is 35.7 Å². The molecule has 0 radical (unpaired) electrons. The molecular weight excluding hydrogens is 460 g/mol. The Hall–Kier alpha value is -3.81. The predicted octanol–water partition coefficient (Wildman–Crippen LogP) is 4.90. The Morgan fingerprint density at radius 3 is 2.42 bits per heavy atom. The third-order valence-corrected chi connectivity index (χ3v) is 5.58. The largest absolute Gasteiger partial charge is 0.507 e. The topological polar surface area (TPSA) is 105 Å². The first kappa shape index (κ1) is 28.4. The number of carbonyl (C=O) groups excluding carboxylic acids is 3. The number of benzene rings is 2. The summed E-state index contributed by atoms with van der Waals surface area (Å²) in [5, 5.41) is 13.3. The molecule has 2 rings (SSSR count). The number of phenolic OH excluding ortho intramolecular Hbond substituents is 1. The van der Waals surface area contributed by atoms with Gasteiger partial charge in [0.15, 0.2) is 0 Å². The zero-order chi connectivity index (χ0) is 27.0. The summed E-state index contributed by atoms with van der Waals surface area (Å²) in [5.41, 5.74) is 2.20. The summed E-state index contributed by atoms with van der Waals surface area (Å²) in [5.74, 6) is -0.850. The van der Waals surface area contributed by atoms with Crippen LogP contribution in [0.3, 0.4) is 0 Å². The van der Waals surface area contributed by atoms with Gasteiger partial charge in [-0.1, -0.05) is 36.4 Å². The molecule has 2 aromatic rings. The highest BCUT2D eigenvalue weighted by molar-refractivity contribution is 5.87. The summed E-state index contributed by atoms with van der Waals surface area (Å²) in [6, 6.07) is 10.9. The van der Waals surface area contributed by atoms with Gasteiger partial charge in [0, 0.05) is 12.6 Å². The molecule has 0 bridgehead atoms. The van der Waals surface area contributed by atoms with Crippen LogP contribution in [0.4, 0.5) is 4.79 Å². The lowest BCUT2D eigenvalue weighted by atomic mass is 9.94. The zero-order valence-corrected chi connectivity index (χ0v) is 21.8. The number of nitrogens with one attached hydrogen (secondary N) is 1. The molecule has 8 heteroatoms. The Morgan fingerprint density at radius 1 is 1.17 bits per heavy atom. The highest BCUT2D eigenvalue weighted by Crippen LogP contribution is 2.34. The number of amides is 2. The number of methoxy groups -OCH3 is 1. The quantitative estimate of drug-likeness (QED) is 0.378. The summed E-state index contributed by atoms with van der Waals surface area (Å²) < 4.78 is 10.3. The molecule has 8 nitrogen and oxygen atoms in total. The maximum absolute atomic E-state index is 13.4. The van der Waals surface area contributed by atoms with Crippen LogP contribution in [0, 0.1) is 6.92 Å². The standard InChI is InChI=1S/C28H36N2O6/c1-8-11-22(30(6)27(34)36-28(3,4)5)26(33)29-21(17-24(32)35-7)19-13-10-14-20(16-19)25-18(2)12-9-15-23(25)31/h8-10,12-16,21-22,31H,1,11,17H2,2-7H3,(H,29,33)/t21-,22-/m0/s1. The number of esters is 1. The number of likely N-dealkylation sites (N-methyl/N-ethyl adjacent to an activating group) is 1. The van der Waals surface area contributed by atoms with Gasteiger partial charge in [0.1, 0.15) is 17.4 Å². The van der Waals surface area contributed by atoms with Crippen molar-refractivity contribution in [3.05, 3.63) is 66.2 Å². The minimum absolute atomic E-state index is 0.123. The molecule has 2 amide bonds. The summed E-state index contributed by atoms with van der Waals surface area (Å²) in [7, 11) is 2.76. The molecular formula is C28H36N2O6. The summed E-state index contributed by atoms with van der Waals surface area (Å²) in [6.07, 6.45) is 0.958. The minimum atomic E-state index is -0.902. The summed E-state index contributed by atoms with van der Waals surface area (Å²) in [6.45, 7) is 10.8. The van der Waals surface area contributed by atoms with Crippen molar-refractivity contribution in [2.75, 3.05) is 14.2 Å². The van der Waals surface area contributed by atoms with E-state index in [1.54, 1.807) is 51.1 Å². The van der Waals surface area contributed by atoms with Crippen LogP contribution in [0.5, 0.6) is 5.75 Å². The van der Waals surface area contributed by atoms with Gasteiger partial charge < -0.3 is 19.9 Å². The van der Waals surface area contributed by atoms with E-state index in [2.05, 4.69) is 11.9 Å². The minimum Gasteiger partial charge on any atom is -0.507 e. The number of rotatable bonds is 9. The number of hydrogen-bond acceptors (Lipinski definition) is 6. The van der Waals surface area contributed by atoms with E-state index >= 15 is 0 Å². The third-order valence-electron chi connectivity index (χ3n) is 5.58. The van der Waals surface area contributed by atoms with E-state index in [9.17, 15) is 19.5 Å². The van der Waals surface area contributed by atoms with E-state index in [1.807, 2.05) is 25.1 Å². The van der Waals surface area contributed by atoms with Crippen molar-refractivity contribution in [3.8, 4) is 16.9 Å². The monoisotopic (exact) mass is 496 g/mol. The van der Waals surface area contributed by atoms with Gasteiger partial charge in [0.2, 0.25) is 5.91 Å². The van der Waals surface area contributed by atoms with Crippen LogP contribution in [0.1, 0.15) is 50.8 Å². The van der Waals surface area contributed by atoms with Crippen molar-refractivity contribution in [2.45, 2.75) is 58.2 Å². The van der Waals surface area contributed by atoms with E-state index in [0.717, 1.165) is 11.1 Å². The van der Waals surface area contributed by atoms with Crippen LogP contribution >= 0.6 is 0 Å². The van der Waals surface area contributed by atoms with Gasteiger partial charge in [-0.3, -0.25) is 14.5 Å². The highest BCUT2D eigenvalue weighted by atomic mass is 16.6. The van der Waals surface area contributed by atoms with Crippen molar-refractivity contribution in [3.63, 3.8) is 0 Å². The van der Waals surface area contributed by atoms with Crippen LogP contribution in [0.25, 0.3) is 11.1 Å². The first-order valence-electron chi connectivity index (χ1n) is 11.7. The normalized spacial score (nSPS) is 12.7. The molecule has 0 aliphatic rings. The molecule has 0 heterocycles. The highest BCUT2D eigenvalue weighted by Gasteiger charge is 2.31. The second-order valence-corrected chi connectivity index (χ2v) is 9.57. The van der Waals surface area contributed by atoms with E-state index in [0.29, 0.717) is 11.1 Å². The maximum Gasteiger partial charge on any atom is 0.410 e.